The van der Waals surface area contributed by atoms with Crippen molar-refractivity contribution in [2.45, 2.75) is 13.1 Å². The smallest absolute Gasteiger partial charge is 0.335 e. The zero-order valence-corrected chi connectivity index (χ0v) is 11.4. The van der Waals surface area contributed by atoms with E-state index in [-0.39, 0.29) is 18.1 Å². The van der Waals surface area contributed by atoms with Crippen LogP contribution in [0.5, 0.6) is 0 Å². The maximum atomic E-state index is 11.9. The standard InChI is InChI=1S/C13H15N5O3/c1-18(13(21)14-6-11-15-8-16-17-11)7-9-2-4-10(5-3-9)12(19)20/h2-5,8H,6-7H2,1H3,(H,14,21)(H,19,20)(H,15,16,17). The number of carbonyl (C=O) groups is 2. The fourth-order valence-corrected chi connectivity index (χ4v) is 1.71. The van der Waals surface area contributed by atoms with Crippen LogP contribution in [0.3, 0.4) is 0 Å². The number of hydrogen-bond donors (Lipinski definition) is 3. The first-order valence-corrected chi connectivity index (χ1v) is 6.21. The molecule has 0 radical (unpaired) electrons. The molecule has 0 aliphatic heterocycles. The van der Waals surface area contributed by atoms with Crippen molar-refractivity contribution < 1.29 is 14.7 Å². The summed E-state index contributed by atoms with van der Waals surface area (Å²) in [6.45, 7) is 0.642. The fraction of sp³-hybridized carbons (Fsp3) is 0.231. The Balaban J connectivity index is 1.86. The van der Waals surface area contributed by atoms with Gasteiger partial charge in [0.2, 0.25) is 0 Å². The largest absolute Gasteiger partial charge is 0.478 e. The van der Waals surface area contributed by atoms with Gasteiger partial charge in [-0.25, -0.2) is 14.6 Å². The van der Waals surface area contributed by atoms with E-state index in [1.165, 1.54) is 23.4 Å². The molecule has 2 rings (SSSR count). The number of nitrogens with one attached hydrogen (secondary N) is 2. The molecule has 21 heavy (non-hydrogen) atoms. The van der Waals surface area contributed by atoms with Crippen LogP contribution >= 0.6 is 0 Å². The third-order valence-corrected chi connectivity index (χ3v) is 2.84. The lowest BCUT2D eigenvalue weighted by Gasteiger charge is -2.17. The number of aromatic amines is 1. The SMILES string of the molecule is CN(Cc1ccc(C(=O)O)cc1)C(=O)NCc1ncn[nH]1. The molecule has 1 heterocycles. The van der Waals surface area contributed by atoms with Gasteiger partial charge in [-0.3, -0.25) is 5.10 Å². The number of amides is 2. The molecule has 0 spiro atoms. The lowest BCUT2D eigenvalue weighted by atomic mass is 10.1. The van der Waals surface area contributed by atoms with Crippen molar-refractivity contribution in [1.82, 2.24) is 25.4 Å². The van der Waals surface area contributed by atoms with Crippen LogP contribution in [0.4, 0.5) is 4.79 Å². The van der Waals surface area contributed by atoms with Crippen molar-refractivity contribution in [2.24, 2.45) is 0 Å². The number of carbonyl (C=O) groups excluding carboxylic acids is 1. The van der Waals surface area contributed by atoms with Crippen LogP contribution < -0.4 is 5.32 Å². The Bertz CT molecular complexity index is 609. The van der Waals surface area contributed by atoms with Gasteiger partial charge in [0.25, 0.3) is 0 Å². The summed E-state index contributed by atoms with van der Waals surface area (Å²) in [6, 6.07) is 6.14. The Morgan fingerprint density at radius 1 is 1.33 bits per heavy atom. The van der Waals surface area contributed by atoms with E-state index in [0.717, 1.165) is 5.56 Å². The summed E-state index contributed by atoms with van der Waals surface area (Å²) in [5.74, 6) is -0.401. The Kier molecular flexibility index (Phi) is 4.50. The molecule has 1 aromatic heterocycles. The number of carboxylic acids is 1. The number of hydrogen-bond acceptors (Lipinski definition) is 4. The summed E-state index contributed by atoms with van der Waals surface area (Å²) in [4.78, 5) is 28.0. The van der Waals surface area contributed by atoms with Crippen LogP contribution in [0.15, 0.2) is 30.6 Å². The summed E-state index contributed by atoms with van der Waals surface area (Å²) < 4.78 is 0. The molecular formula is C13H15N5O3. The van der Waals surface area contributed by atoms with Crippen LogP contribution in [0.25, 0.3) is 0 Å². The normalized spacial score (nSPS) is 10.1. The van der Waals surface area contributed by atoms with Crippen LogP contribution in [0.2, 0.25) is 0 Å². The van der Waals surface area contributed by atoms with Crippen molar-refractivity contribution >= 4 is 12.0 Å². The second-order valence-electron chi connectivity index (χ2n) is 4.45. The fourth-order valence-electron chi connectivity index (χ4n) is 1.71. The van der Waals surface area contributed by atoms with Gasteiger partial charge in [0.1, 0.15) is 12.2 Å². The summed E-state index contributed by atoms with van der Waals surface area (Å²) >= 11 is 0. The van der Waals surface area contributed by atoms with Crippen molar-refractivity contribution in [3.05, 3.63) is 47.5 Å². The molecule has 0 atom stereocenters. The molecule has 0 aliphatic rings. The number of benzene rings is 1. The molecule has 0 saturated carbocycles. The van der Waals surface area contributed by atoms with Gasteiger partial charge in [-0.15, -0.1) is 0 Å². The van der Waals surface area contributed by atoms with E-state index in [1.807, 2.05) is 0 Å². The van der Waals surface area contributed by atoms with Gasteiger partial charge < -0.3 is 15.3 Å². The Hall–Kier alpha value is -2.90. The molecule has 8 heteroatoms. The van der Waals surface area contributed by atoms with E-state index in [1.54, 1.807) is 19.2 Å². The van der Waals surface area contributed by atoms with E-state index in [9.17, 15) is 9.59 Å². The monoisotopic (exact) mass is 289 g/mol. The molecule has 2 amide bonds. The third-order valence-electron chi connectivity index (χ3n) is 2.84. The highest BCUT2D eigenvalue weighted by molar-refractivity contribution is 5.87. The summed E-state index contributed by atoms with van der Waals surface area (Å²) in [6.07, 6.45) is 1.37. The molecule has 0 aliphatic carbocycles. The van der Waals surface area contributed by atoms with Crippen molar-refractivity contribution in [3.8, 4) is 0 Å². The van der Waals surface area contributed by atoms with Gasteiger partial charge in [-0.2, -0.15) is 5.10 Å². The molecule has 8 nitrogen and oxygen atoms in total. The van der Waals surface area contributed by atoms with Crippen molar-refractivity contribution in [3.63, 3.8) is 0 Å². The maximum Gasteiger partial charge on any atom is 0.335 e. The second-order valence-corrected chi connectivity index (χ2v) is 4.45. The Morgan fingerprint density at radius 3 is 2.62 bits per heavy atom. The first-order valence-electron chi connectivity index (χ1n) is 6.21. The molecular weight excluding hydrogens is 274 g/mol. The van der Waals surface area contributed by atoms with Crippen LogP contribution in [-0.4, -0.2) is 44.2 Å². The molecule has 3 N–H and O–H groups in total. The maximum absolute atomic E-state index is 11.9. The number of rotatable bonds is 5. The lowest BCUT2D eigenvalue weighted by molar-refractivity contribution is 0.0697. The summed E-state index contributed by atoms with van der Waals surface area (Å²) in [5.41, 5.74) is 1.06. The number of aromatic nitrogens is 3. The van der Waals surface area contributed by atoms with Crippen molar-refractivity contribution in [1.29, 1.82) is 0 Å². The molecule has 0 saturated heterocycles. The van der Waals surface area contributed by atoms with Gasteiger partial charge in [0.15, 0.2) is 0 Å². The highest BCUT2D eigenvalue weighted by Gasteiger charge is 2.10. The number of nitrogens with zero attached hydrogens (tertiary/aromatic N) is 3. The highest BCUT2D eigenvalue weighted by Crippen LogP contribution is 2.07. The molecule has 2 aromatic rings. The Morgan fingerprint density at radius 2 is 2.05 bits per heavy atom. The van der Waals surface area contributed by atoms with Gasteiger partial charge in [-0.05, 0) is 17.7 Å². The number of aromatic carboxylic acids is 1. The molecule has 0 bridgehead atoms. The van der Waals surface area contributed by atoms with Crippen molar-refractivity contribution in [2.75, 3.05) is 7.05 Å². The minimum Gasteiger partial charge on any atom is -0.478 e. The summed E-state index contributed by atoms with van der Waals surface area (Å²) in [5, 5.41) is 17.8. The zero-order chi connectivity index (χ0) is 15.2. The highest BCUT2D eigenvalue weighted by atomic mass is 16.4. The minimum atomic E-state index is -0.972. The Labute approximate surface area is 120 Å². The number of H-pyrrole nitrogens is 1. The van der Waals surface area contributed by atoms with Gasteiger partial charge >= 0.3 is 12.0 Å². The van der Waals surface area contributed by atoms with E-state index < -0.39 is 5.97 Å². The predicted molar refractivity (Wildman–Crippen MR) is 73.5 cm³/mol. The first kappa shape index (κ1) is 14.5. The van der Waals surface area contributed by atoms with Gasteiger partial charge in [0, 0.05) is 13.6 Å². The van der Waals surface area contributed by atoms with Crippen LogP contribution in [-0.2, 0) is 13.1 Å². The van der Waals surface area contributed by atoms with E-state index in [0.29, 0.717) is 12.4 Å². The number of carboxylic acid groups (broad SMARTS) is 1. The van der Waals surface area contributed by atoms with E-state index in [4.69, 9.17) is 5.11 Å². The molecule has 110 valence electrons. The minimum absolute atomic E-state index is 0.219. The average Bonchev–Trinajstić information content (AvgIpc) is 2.98. The topological polar surface area (TPSA) is 111 Å². The predicted octanol–water partition coefficient (Wildman–Crippen LogP) is 0.845. The summed E-state index contributed by atoms with van der Waals surface area (Å²) in [7, 11) is 1.65. The van der Waals surface area contributed by atoms with Crippen LogP contribution in [0.1, 0.15) is 21.7 Å². The molecule has 0 fully saturated rings. The average molecular weight is 289 g/mol. The van der Waals surface area contributed by atoms with Gasteiger partial charge in [-0.1, -0.05) is 12.1 Å². The first-order chi connectivity index (χ1) is 10.1. The second kappa shape index (κ2) is 6.51. The lowest BCUT2D eigenvalue weighted by Crippen LogP contribution is -2.36. The zero-order valence-electron chi connectivity index (χ0n) is 11.4. The van der Waals surface area contributed by atoms with Crippen LogP contribution in [0, 0.1) is 0 Å². The number of urea groups is 1. The van der Waals surface area contributed by atoms with E-state index >= 15 is 0 Å². The van der Waals surface area contributed by atoms with E-state index in [2.05, 4.69) is 20.5 Å². The van der Waals surface area contributed by atoms with Gasteiger partial charge in [0.05, 0.1) is 12.1 Å². The third kappa shape index (κ3) is 4.03. The quantitative estimate of drug-likeness (QED) is 0.755. The molecule has 1 aromatic carbocycles. The molecule has 0 unspecified atom stereocenters.